The highest BCUT2D eigenvalue weighted by atomic mass is 19.4. The van der Waals surface area contributed by atoms with Gasteiger partial charge >= 0.3 is 6.18 Å². The van der Waals surface area contributed by atoms with Gasteiger partial charge in [0.2, 0.25) is 0 Å². The fourth-order valence-corrected chi connectivity index (χ4v) is 1.60. The van der Waals surface area contributed by atoms with Gasteiger partial charge in [0.25, 0.3) is 0 Å². The lowest BCUT2D eigenvalue weighted by Gasteiger charge is -2.25. The zero-order chi connectivity index (χ0) is 15.2. The molecule has 0 aliphatic carbocycles. The number of hydrogen-bond donors (Lipinski definition) is 1. The van der Waals surface area contributed by atoms with Crippen LogP contribution in [-0.4, -0.2) is 24.4 Å². The molecule has 0 aromatic heterocycles. The van der Waals surface area contributed by atoms with Gasteiger partial charge in [-0.2, -0.15) is 13.2 Å². The summed E-state index contributed by atoms with van der Waals surface area (Å²) in [4.78, 5) is 2.57. The van der Waals surface area contributed by atoms with E-state index < -0.39 is 18.4 Å². The van der Waals surface area contributed by atoms with Crippen LogP contribution in [0.5, 0.6) is 5.75 Å². The van der Waals surface area contributed by atoms with Crippen molar-refractivity contribution in [3.05, 3.63) is 40.3 Å². The summed E-state index contributed by atoms with van der Waals surface area (Å²) >= 11 is 0. The van der Waals surface area contributed by atoms with E-state index in [2.05, 4.69) is 14.8 Å². The number of nitrogens with zero attached hydrogens (tertiary/aromatic N) is 3. The first-order chi connectivity index (χ1) is 9.30. The van der Waals surface area contributed by atoms with Gasteiger partial charge in [0, 0.05) is 4.91 Å². The Labute approximate surface area is 113 Å². The maximum Gasteiger partial charge on any atom is 0.422 e. The molecule has 0 saturated carbocycles. The topological polar surface area (TPSA) is 78.2 Å². The highest BCUT2D eigenvalue weighted by molar-refractivity contribution is 5.32. The fraction of sp³-hybridized carbons (Fsp3) is 0.500. The molecule has 0 radical (unpaired) electrons. The number of alkyl halides is 3. The minimum Gasteiger partial charge on any atom is -0.484 e. The Morgan fingerprint density at radius 3 is 2.65 bits per heavy atom. The van der Waals surface area contributed by atoms with Crippen molar-refractivity contribution in [3.8, 4) is 5.75 Å². The molecule has 0 aliphatic rings. The second-order valence-electron chi connectivity index (χ2n) is 4.21. The number of halogens is 3. The number of benzene rings is 1. The third-order valence-electron chi connectivity index (χ3n) is 2.75. The minimum atomic E-state index is -4.43. The Bertz CT molecular complexity index is 501. The lowest BCUT2D eigenvalue weighted by molar-refractivity contribution is -0.153. The van der Waals surface area contributed by atoms with Crippen LogP contribution in [0.3, 0.4) is 0 Å². The van der Waals surface area contributed by atoms with Crippen LogP contribution in [0.25, 0.3) is 10.4 Å². The average molecular weight is 289 g/mol. The van der Waals surface area contributed by atoms with E-state index in [0.29, 0.717) is 5.56 Å². The van der Waals surface area contributed by atoms with Crippen molar-refractivity contribution >= 4 is 0 Å². The van der Waals surface area contributed by atoms with Crippen LogP contribution in [0.2, 0.25) is 0 Å². The predicted molar refractivity (Wildman–Crippen MR) is 66.2 cm³/mol. The van der Waals surface area contributed by atoms with Gasteiger partial charge in [-0.3, -0.25) is 0 Å². The third kappa shape index (κ3) is 4.64. The molecule has 8 heteroatoms. The lowest BCUT2D eigenvalue weighted by atomic mass is 9.91. The third-order valence-corrected chi connectivity index (χ3v) is 2.75. The molecule has 20 heavy (non-hydrogen) atoms. The Morgan fingerprint density at radius 1 is 1.40 bits per heavy atom. The Morgan fingerprint density at radius 2 is 2.10 bits per heavy atom. The number of hydrogen-bond acceptors (Lipinski definition) is 3. The maximum absolute atomic E-state index is 12.1. The second kappa shape index (κ2) is 6.49. The zero-order valence-corrected chi connectivity index (χ0v) is 10.8. The van der Waals surface area contributed by atoms with Crippen LogP contribution < -0.4 is 4.74 Å². The van der Waals surface area contributed by atoms with E-state index in [9.17, 15) is 18.3 Å². The van der Waals surface area contributed by atoms with Gasteiger partial charge in [-0.15, -0.1) is 0 Å². The standard InChI is InChI=1S/C12H14F3N3O2/c1-2-11(19,7-17-18-16)9-4-3-5-10(6-9)20-8-12(13,14)15/h3-6,19H,2,7-8H2,1H3/t11-/m1/s1. The summed E-state index contributed by atoms with van der Waals surface area (Å²) in [5, 5.41) is 13.6. The molecule has 0 aliphatic heterocycles. The molecule has 1 atom stereocenters. The van der Waals surface area contributed by atoms with Gasteiger partial charge < -0.3 is 9.84 Å². The van der Waals surface area contributed by atoms with E-state index >= 15 is 0 Å². The van der Waals surface area contributed by atoms with Crippen molar-refractivity contribution in [1.82, 2.24) is 0 Å². The number of azide groups is 1. The van der Waals surface area contributed by atoms with Gasteiger partial charge in [0.1, 0.15) is 5.75 Å². The van der Waals surface area contributed by atoms with Crippen molar-refractivity contribution in [2.24, 2.45) is 5.11 Å². The number of aliphatic hydroxyl groups is 1. The van der Waals surface area contributed by atoms with E-state index in [1.54, 1.807) is 6.92 Å². The maximum atomic E-state index is 12.1. The Balaban J connectivity index is 2.93. The van der Waals surface area contributed by atoms with Gasteiger partial charge in [0.05, 0.1) is 12.1 Å². The molecule has 110 valence electrons. The largest absolute Gasteiger partial charge is 0.484 e. The summed E-state index contributed by atoms with van der Waals surface area (Å²) < 4.78 is 40.9. The van der Waals surface area contributed by atoms with Crippen molar-refractivity contribution in [2.45, 2.75) is 25.1 Å². The van der Waals surface area contributed by atoms with Crippen LogP contribution in [0.4, 0.5) is 13.2 Å². The molecule has 0 amide bonds. The van der Waals surface area contributed by atoms with E-state index in [4.69, 9.17) is 5.53 Å². The molecule has 0 spiro atoms. The molecule has 1 rings (SSSR count). The van der Waals surface area contributed by atoms with Gasteiger partial charge in [-0.25, -0.2) is 0 Å². The molecule has 5 nitrogen and oxygen atoms in total. The molecular weight excluding hydrogens is 275 g/mol. The molecule has 0 unspecified atom stereocenters. The highest BCUT2D eigenvalue weighted by Gasteiger charge is 2.29. The molecular formula is C12H14F3N3O2. The molecule has 0 bridgehead atoms. The summed E-state index contributed by atoms with van der Waals surface area (Å²) in [5.74, 6) is -0.00682. The number of rotatable bonds is 6. The van der Waals surface area contributed by atoms with Crippen LogP contribution in [0.15, 0.2) is 29.4 Å². The molecule has 0 heterocycles. The molecule has 0 saturated heterocycles. The Kier molecular flexibility index (Phi) is 5.24. The molecule has 0 fully saturated rings. The fourth-order valence-electron chi connectivity index (χ4n) is 1.60. The normalized spacial score (nSPS) is 14.2. The van der Waals surface area contributed by atoms with E-state index in [1.165, 1.54) is 24.3 Å². The highest BCUT2D eigenvalue weighted by Crippen LogP contribution is 2.29. The first-order valence-corrected chi connectivity index (χ1v) is 5.84. The van der Waals surface area contributed by atoms with Gasteiger partial charge in [0.15, 0.2) is 6.61 Å². The van der Waals surface area contributed by atoms with Crippen molar-refractivity contribution in [2.75, 3.05) is 13.2 Å². The van der Waals surface area contributed by atoms with E-state index in [-0.39, 0.29) is 18.7 Å². The van der Waals surface area contributed by atoms with Gasteiger partial charge in [-0.1, -0.05) is 24.2 Å². The van der Waals surface area contributed by atoms with Gasteiger partial charge in [-0.05, 0) is 29.6 Å². The van der Waals surface area contributed by atoms with Crippen LogP contribution in [0.1, 0.15) is 18.9 Å². The summed E-state index contributed by atoms with van der Waals surface area (Å²) in [6.45, 7) is 0.0657. The first-order valence-electron chi connectivity index (χ1n) is 5.84. The Hall–Kier alpha value is -1.92. The summed E-state index contributed by atoms with van der Waals surface area (Å²) in [6, 6.07) is 5.68. The van der Waals surface area contributed by atoms with Crippen LogP contribution in [0, 0.1) is 0 Å². The summed E-state index contributed by atoms with van der Waals surface area (Å²) in [6.07, 6.45) is -4.18. The molecule has 1 aromatic carbocycles. The van der Waals surface area contributed by atoms with Crippen molar-refractivity contribution in [3.63, 3.8) is 0 Å². The predicted octanol–water partition coefficient (Wildman–Crippen LogP) is 3.54. The quantitative estimate of drug-likeness (QED) is 0.494. The van der Waals surface area contributed by atoms with Crippen LogP contribution >= 0.6 is 0 Å². The second-order valence-corrected chi connectivity index (χ2v) is 4.21. The zero-order valence-electron chi connectivity index (χ0n) is 10.8. The van der Waals surface area contributed by atoms with Crippen molar-refractivity contribution in [1.29, 1.82) is 0 Å². The summed E-state index contributed by atoms with van der Waals surface area (Å²) in [7, 11) is 0. The summed E-state index contributed by atoms with van der Waals surface area (Å²) in [5.41, 5.74) is 7.21. The SMILES string of the molecule is CC[C@@](O)(CN=[N+]=[N-])c1cccc(OCC(F)(F)F)c1. The van der Waals surface area contributed by atoms with Crippen molar-refractivity contribution < 1.29 is 23.0 Å². The average Bonchev–Trinajstić information content (AvgIpc) is 2.42. The van der Waals surface area contributed by atoms with E-state index in [0.717, 1.165) is 0 Å². The number of ether oxygens (including phenoxy) is 1. The molecule has 1 N–H and O–H groups in total. The molecule has 1 aromatic rings. The lowest BCUT2D eigenvalue weighted by Crippen LogP contribution is -2.28. The van der Waals surface area contributed by atoms with Crippen LogP contribution in [-0.2, 0) is 5.60 Å². The smallest absolute Gasteiger partial charge is 0.422 e. The first kappa shape index (κ1) is 16.1. The van der Waals surface area contributed by atoms with E-state index in [1.807, 2.05) is 0 Å². The minimum absolute atomic E-state index is 0.00682. The monoisotopic (exact) mass is 289 g/mol.